The van der Waals surface area contributed by atoms with Crippen molar-refractivity contribution in [3.63, 3.8) is 0 Å². The lowest BCUT2D eigenvalue weighted by Crippen LogP contribution is -2.49. The van der Waals surface area contributed by atoms with Gasteiger partial charge >= 0.3 is 0 Å². The van der Waals surface area contributed by atoms with Crippen molar-refractivity contribution in [3.8, 4) is 0 Å². The van der Waals surface area contributed by atoms with Crippen LogP contribution < -0.4 is 10.6 Å². The number of thioether (sulfide) groups is 1. The van der Waals surface area contributed by atoms with E-state index in [9.17, 15) is 18.7 Å². The van der Waals surface area contributed by atoms with Crippen LogP contribution in [-0.4, -0.2) is 40.5 Å². The van der Waals surface area contributed by atoms with Crippen molar-refractivity contribution in [2.75, 3.05) is 12.8 Å². The summed E-state index contributed by atoms with van der Waals surface area (Å²) in [4.78, 5) is 14.3. The highest BCUT2D eigenvalue weighted by atomic mass is 32.2. The van der Waals surface area contributed by atoms with Gasteiger partial charge in [-0.15, -0.1) is 11.8 Å². The number of aliphatic hydroxyl groups is 1. The molecule has 5 nitrogen and oxygen atoms in total. The van der Waals surface area contributed by atoms with E-state index in [2.05, 4.69) is 29.7 Å². The van der Waals surface area contributed by atoms with Gasteiger partial charge in [0.15, 0.2) is 0 Å². The summed E-state index contributed by atoms with van der Waals surface area (Å²) in [6, 6.07) is 18.7. The fourth-order valence-electron chi connectivity index (χ4n) is 4.98. The van der Waals surface area contributed by atoms with E-state index in [0.29, 0.717) is 12.1 Å². The Morgan fingerprint density at radius 1 is 1.00 bits per heavy atom. The van der Waals surface area contributed by atoms with E-state index < -0.39 is 23.8 Å². The Morgan fingerprint density at radius 2 is 1.72 bits per heavy atom. The Kier molecular flexibility index (Phi) is 9.78. The summed E-state index contributed by atoms with van der Waals surface area (Å²) >= 11 is 1.59. The lowest BCUT2D eigenvalue weighted by molar-refractivity contribution is -0.122. The summed E-state index contributed by atoms with van der Waals surface area (Å²) in [5.74, 6) is -1.66. The number of aromatic nitrogens is 1. The number of halogens is 2. The molecule has 0 bridgehead atoms. The zero-order chi connectivity index (χ0) is 27.9. The number of fused-ring (bicyclic) bond motifs is 1. The average molecular weight is 552 g/mol. The molecular weight excluding hydrogens is 516 g/mol. The number of hydrogen-bond acceptors (Lipinski definition) is 4. The maximum Gasteiger partial charge on any atom is 0.226 e. The molecule has 0 aliphatic heterocycles. The lowest BCUT2D eigenvalue weighted by atomic mass is 10.00. The number of nitrogens with zero attached hydrogens (tertiary/aromatic N) is 1. The Morgan fingerprint density at radius 3 is 2.44 bits per heavy atom. The quantitative estimate of drug-likeness (QED) is 0.213. The molecule has 0 spiro atoms. The number of rotatable bonds is 12. The largest absolute Gasteiger partial charge is 0.390 e. The number of para-hydroxylation sites is 1. The van der Waals surface area contributed by atoms with Gasteiger partial charge in [-0.2, -0.15) is 0 Å². The first-order chi connectivity index (χ1) is 18.8. The summed E-state index contributed by atoms with van der Waals surface area (Å²) in [6.07, 6.45) is 2.13. The second-order valence-corrected chi connectivity index (χ2v) is 10.6. The summed E-state index contributed by atoms with van der Waals surface area (Å²) < 4.78 is 29.8. The van der Waals surface area contributed by atoms with Crippen molar-refractivity contribution >= 4 is 28.6 Å². The molecular formula is C31H35F2N3O2S. The monoisotopic (exact) mass is 551 g/mol. The molecule has 39 heavy (non-hydrogen) atoms. The Balaban J connectivity index is 1.50. The van der Waals surface area contributed by atoms with Crippen LogP contribution in [0, 0.1) is 11.6 Å². The molecule has 1 amide bonds. The molecule has 0 fully saturated rings. The molecule has 3 aromatic carbocycles. The van der Waals surface area contributed by atoms with Gasteiger partial charge in [0.1, 0.15) is 11.6 Å². The van der Waals surface area contributed by atoms with Crippen LogP contribution in [-0.2, 0) is 37.6 Å². The number of hydrogen-bond donors (Lipinski definition) is 3. The van der Waals surface area contributed by atoms with E-state index in [-0.39, 0.29) is 25.3 Å². The normalized spacial score (nSPS) is 13.0. The van der Waals surface area contributed by atoms with E-state index in [1.165, 1.54) is 17.7 Å². The third-order valence-electron chi connectivity index (χ3n) is 6.98. The fourth-order valence-corrected chi connectivity index (χ4v) is 5.82. The molecule has 8 heteroatoms. The summed E-state index contributed by atoms with van der Waals surface area (Å²) in [5.41, 5.74) is 4.59. The first-order valence-electron chi connectivity index (χ1n) is 13.1. The third kappa shape index (κ3) is 7.26. The second-order valence-electron chi connectivity index (χ2n) is 9.76. The molecule has 0 aliphatic carbocycles. The molecule has 0 saturated carbocycles. The molecule has 3 N–H and O–H groups in total. The fraction of sp³-hybridized carbons (Fsp3) is 0.323. The van der Waals surface area contributed by atoms with Crippen molar-refractivity contribution in [2.24, 2.45) is 7.05 Å². The van der Waals surface area contributed by atoms with Gasteiger partial charge in [0.25, 0.3) is 0 Å². The van der Waals surface area contributed by atoms with E-state index in [1.807, 2.05) is 54.3 Å². The third-order valence-corrected chi connectivity index (χ3v) is 7.84. The van der Waals surface area contributed by atoms with E-state index in [0.717, 1.165) is 39.5 Å². The van der Waals surface area contributed by atoms with Gasteiger partial charge in [0.05, 0.1) is 18.6 Å². The van der Waals surface area contributed by atoms with Crippen LogP contribution in [0.2, 0.25) is 0 Å². The van der Waals surface area contributed by atoms with Crippen molar-refractivity contribution in [2.45, 2.75) is 49.8 Å². The molecule has 2 unspecified atom stereocenters. The van der Waals surface area contributed by atoms with E-state index >= 15 is 0 Å². The molecule has 0 radical (unpaired) electrons. The zero-order valence-electron chi connectivity index (χ0n) is 22.5. The smallest absolute Gasteiger partial charge is 0.226 e. The molecule has 1 heterocycles. The zero-order valence-corrected chi connectivity index (χ0v) is 23.3. The SMILES string of the molecule is CCc1cccc(CNCC(O)C(Cc2cc(F)cc(F)c2)NC(=O)Cc2c(SC)c3ccccc3n2C)c1. The highest BCUT2D eigenvalue weighted by molar-refractivity contribution is 7.98. The first-order valence-corrected chi connectivity index (χ1v) is 14.3. The van der Waals surface area contributed by atoms with Gasteiger partial charge in [-0.25, -0.2) is 8.78 Å². The molecule has 0 saturated heterocycles. The van der Waals surface area contributed by atoms with Gasteiger partial charge in [-0.05, 0) is 54.0 Å². The minimum Gasteiger partial charge on any atom is -0.390 e. The Hall–Kier alpha value is -3.20. The number of carbonyl (C=O) groups excluding carboxylic acids is 1. The number of benzene rings is 3. The van der Waals surface area contributed by atoms with Crippen LogP contribution in [0.4, 0.5) is 8.78 Å². The summed E-state index contributed by atoms with van der Waals surface area (Å²) in [6.45, 7) is 2.84. The number of amides is 1. The highest BCUT2D eigenvalue weighted by Crippen LogP contribution is 2.32. The number of nitrogens with one attached hydrogen (secondary N) is 2. The summed E-state index contributed by atoms with van der Waals surface area (Å²) in [7, 11) is 1.93. The average Bonchev–Trinajstić information content (AvgIpc) is 3.18. The minimum atomic E-state index is -0.984. The predicted octanol–water partition coefficient (Wildman–Crippen LogP) is 5.16. The van der Waals surface area contributed by atoms with Gasteiger partial charge < -0.3 is 20.3 Å². The molecule has 4 aromatic rings. The minimum absolute atomic E-state index is 0.0824. The predicted molar refractivity (Wildman–Crippen MR) is 154 cm³/mol. The van der Waals surface area contributed by atoms with Crippen LogP contribution in [0.3, 0.4) is 0 Å². The Labute approximate surface area is 232 Å². The van der Waals surface area contributed by atoms with Crippen molar-refractivity contribution in [1.82, 2.24) is 15.2 Å². The molecule has 4 rings (SSSR count). The molecule has 206 valence electrons. The van der Waals surface area contributed by atoms with Crippen molar-refractivity contribution < 1.29 is 18.7 Å². The highest BCUT2D eigenvalue weighted by Gasteiger charge is 2.24. The van der Waals surface area contributed by atoms with Crippen molar-refractivity contribution in [3.05, 3.63) is 101 Å². The van der Waals surface area contributed by atoms with Crippen LogP contribution in [0.15, 0.2) is 71.6 Å². The van der Waals surface area contributed by atoms with Crippen LogP contribution in [0.25, 0.3) is 10.9 Å². The van der Waals surface area contributed by atoms with Gasteiger partial charge in [-0.1, -0.05) is 49.4 Å². The maximum atomic E-state index is 13.9. The van der Waals surface area contributed by atoms with Crippen molar-refractivity contribution in [1.29, 1.82) is 0 Å². The van der Waals surface area contributed by atoms with Gasteiger partial charge in [0, 0.05) is 47.7 Å². The van der Waals surface area contributed by atoms with Gasteiger partial charge in [0.2, 0.25) is 5.91 Å². The Bertz CT molecular complexity index is 1420. The maximum absolute atomic E-state index is 13.9. The topological polar surface area (TPSA) is 66.3 Å². The number of carbonyl (C=O) groups is 1. The van der Waals surface area contributed by atoms with E-state index in [1.54, 1.807) is 11.8 Å². The number of aryl methyl sites for hydroxylation is 2. The van der Waals surface area contributed by atoms with E-state index in [4.69, 9.17) is 0 Å². The van der Waals surface area contributed by atoms with Gasteiger partial charge in [-0.3, -0.25) is 4.79 Å². The standard InChI is InChI=1S/C31H35F2N3O2S/c1-4-20-8-7-9-21(12-20)18-34-19-29(37)26(15-22-13-23(32)16-24(33)14-22)35-30(38)17-28-31(39-3)25-10-5-6-11-27(25)36(28)2/h5-14,16,26,29,34,37H,4,15,17-19H2,1-3H3,(H,35,38). The molecule has 1 aromatic heterocycles. The first kappa shape index (κ1) is 28.8. The lowest BCUT2D eigenvalue weighted by Gasteiger charge is -2.25. The van der Waals surface area contributed by atoms with Crippen LogP contribution >= 0.6 is 11.8 Å². The molecule has 0 aliphatic rings. The van der Waals surface area contributed by atoms with Crippen LogP contribution in [0.5, 0.6) is 0 Å². The second kappa shape index (κ2) is 13.2. The molecule has 2 atom stereocenters. The summed E-state index contributed by atoms with van der Waals surface area (Å²) in [5, 5.41) is 18.4. The van der Waals surface area contributed by atoms with Crippen LogP contribution in [0.1, 0.15) is 29.3 Å². The number of aliphatic hydroxyl groups excluding tert-OH is 1.